The molecule has 3 aromatic carbocycles. The van der Waals surface area contributed by atoms with E-state index in [1.165, 1.54) is 0 Å². The molecule has 0 radical (unpaired) electrons. The monoisotopic (exact) mass is 538 g/mol. The van der Waals surface area contributed by atoms with Gasteiger partial charge in [0.1, 0.15) is 5.41 Å². The highest BCUT2D eigenvalue weighted by Crippen LogP contribution is 2.39. The van der Waals surface area contributed by atoms with Gasteiger partial charge in [-0.05, 0) is 54.6 Å². The Bertz CT molecular complexity index is 1040. The van der Waals surface area contributed by atoms with Gasteiger partial charge in [0.15, 0.2) is 0 Å². The van der Waals surface area contributed by atoms with Crippen molar-refractivity contribution in [1.82, 2.24) is 9.80 Å². The van der Waals surface area contributed by atoms with Gasteiger partial charge in [-0.2, -0.15) is 0 Å². The van der Waals surface area contributed by atoms with Crippen LogP contribution in [0, 0.1) is 0 Å². The second-order valence-electron chi connectivity index (χ2n) is 9.47. The number of hydrogen-bond donors (Lipinski definition) is 1. The van der Waals surface area contributed by atoms with Crippen molar-refractivity contribution >= 4 is 21.8 Å². The number of rotatable bonds is 7. The number of benzene rings is 3. The number of nitrogens with zero attached hydrogens (tertiary/aromatic N) is 2. The third kappa shape index (κ3) is 5.67. The van der Waals surface area contributed by atoms with Crippen LogP contribution in [0.5, 0.6) is 0 Å². The summed E-state index contributed by atoms with van der Waals surface area (Å²) in [6, 6.07) is 28.3. The zero-order chi connectivity index (χ0) is 24.2. The molecule has 6 heteroatoms. The predicted molar refractivity (Wildman–Crippen MR) is 144 cm³/mol. The standard InChI is InChI=1S/C29H33BrN2O2.H2O/c1-31(2)27(33)29(24-9-5-3-6-10-24,25-11-7-4-8-12-25)19-22-32-20-17-28(34,18-21-32)23-13-15-26(30)16-14-23;/h3-16,34H,17-22H2,1-2H3;1H2. The van der Waals surface area contributed by atoms with Crippen molar-refractivity contribution in [3.05, 3.63) is 106 Å². The molecule has 1 saturated heterocycles. The second kappa shape index (κ2) is 11.5. The zero-order valence-corrected chi connectivity index (χ0v) is 22.0. The second-order valence-corrected chi connectivity index (χ2v) is 10.4. The van der Waals surface area contributed by atoms with E-state index in [1.54, 1.807) is 4.90 Å². The minimum absolute atomic E-state index is 0. The van der Waals surface area contributed by atoms with Gasteiger partial charge in [0.25, 0.3) is 0 Å². The van der Waals surface area contributed by atoms with Gasteiger partial charge in [-0.25, -0.2) is 0 Å². The van der Waals surface area contributed by atoms with Crippen molar-refractivity contribution in [2.45, 2.75) is 30.3 Å². The first-order valence-electron chi connectivity index (χ1n) is 11.9. The van der Waals surface area contributed by atoms with Crippen molar-refractivity contribution in [3.8, 4) is 0 Å². The molecule has 0 aromatic heterocycles. The zero-order valence-electron chi connectivity index (χ0n) is 20.5. The Balaban J connectivity index is 0.00000342. The van der Waals surface area contributed by atoms with Crippen LogP contribution < -0.4 is 0 Å². The summed E-state index contributed by atoms with van der Waals surface area (Å²) < 4.78 is 1.01. The van der Waals surface area contributed by atoms with Gasteiger partial charge in [-0.15, -0.1) is 0 Å². The highest BCUT2D eigenvalue weighted by molar-refractivity contribution is 9.10. The summed E-state index contributed by atoms with van der Waals surface area (Å²) in [5, 5.41) is 11.3. The molecule has 0 unspecified atom stereocenters. The molecule has 0 saturated carbocycles. The first-order valence-corrected chi connectivity index (χ1v) is 12.7. The fraction of sp³-hybridized carbons (Fsp3) is 0.345. The number of hydrogen-bond acceptors (Lipinski definition) is 3. The molecule has 4 rings (SSSR count). The quantitative estimate of drug-likeness (QED) is 0.485. The smallest absolute Gasteiger partial charge is 0.237 e. The predicted octanol–water partition coefficient (Wildman–Crippen LogP) is 4.37. The summed E-state index contributed by atoms with van der Waals surface area (Å²) in [7, 11) is 3.67. The lowest BCUT2D eigenvalue weighted by Crippen LogP contribution is -2.48. The lowest BCUT2D eigenvalue weighted by atomic mass is 9.70. The summed E-state index contributed by atoms with van der Waals surface area (Å²) in [6.45, 7) is 2.37. The molecule has 1 heterocycles. The van der Waals surface area contributed by atoms with Gasteiger partial charge in [0, 0.05) is 31.7 Å². The Morgan fingerprint density at radius 2 is 1.40 bits per heavy atom. The van der Waals surface area contributed by atoms with Gasteiger partial charge < -0.3 is 20.4 Å². The van der Waals surface area contributed by atoms with Gasteiger partial charge in [0.2, 0.25) is 5.91 Å². The molecular formula is C29H35BrN2O3. The molecule has 1 aliphatic rings. The SMILES string of the molecule is CN(C)C(=O)C(CCN1CCC(O)(c2ccc(Br)cc2)CC1)(c1ccccc1)c1ccccc1.O. The Morgan fingerprint density at radius 1 is 0.914 bits per heavy atom. The van der Waals surface area contributed by atoms with E-state index in [0.717, 1.165) is 40.8 Å². The Morgan fingerprint density at radius 3 is 1.86 bits per heavy atom. The first kappa shape index (κ1) is 27.1. The van der Waals surface area contributed by atoms with Gasteiger partial charge in [0.05, 0.1) is 5.60 Å². The van der Waals surface area contributed by atoms with Crippen LogP contribution >= 0.6 is 15.9 Å². The number of halogens is 1. The number of piperidine rings is 1. The maximum atomic E-state index is 13.8. The van der Waals surface area contributed by atoms with E-state index in [2.05, 4.69) is 45.1 Å². The largest absolute Gasteiger partial charge is 0.412 e. The number of carbonyl (C=O) groups is 1. The van der Waals surface area contributed by atoms with E-state index < -0.39 is 11.0 Å². The average Bonchev–Trinajstić information content (AvgIpc) is 2.87. The van der Waals surface area contributed by atoms with Crippen LogP contribution in [0.3, 0.4) is 0 Å². The normalized spacial score (nSPS) is 15.8. The summed E-state index contributed by atoms with van der Waals surface area (Å²) in [6.07, 6.45) is 2.04. The lowest BCUT2D eigenvalue weighted by Gasteiger charge is -2.41. The van der Waals surface area contributed by atoms with Gasteiger partial charge in [-0.3, -0.25) is 4.79 Å². The van der Waals surface area contributed by atoms with Gasteiger partial charge >= 0.3 is 0 Å². The number of carbonyl (C=O) groups excluding carboxylic acids is 1. The molecule has 186 valence electrons. The fourth-order valence-electron chi connectivity index (χ4n) is 5.16. The minimum Gasteiger partial charge on any atom is -0.412 e. The third-order valence-electron chi connectivity index (χ3n) is 7.17. The molecule has 35 heavy (non-hydrogen) atoms. The summed E-state index contributed by atoms with van der Waals surface area (Å²) in [5.74, 6) is 0.0910. The highest BCUT2D eigenvalue weighted by atomic mass is 79.9. The van der Waals surface area contributed by atoms with Crippen LogP contribution in [0.4, 0.5) is 0 Å². The van der Waals surface area contributed by atoms with Crippen LogP contribution in [0.1, 0.15) is 36.0 Å². The lowest BCUT2D eigenvalue weighted by molar-refractivity contribution is -0.133. The van der Waals surface area contributed by atoms with Crippen LogP contribution in [-0.2, 0) is 15.8 Å². The molecule has 3 N–H and O–H groups in total. The summed E-state index contributed by atoms with van der Waals surface area (Å²) in [5.41, 5.74) is 1.45. The van der Waals surface area contributed by atoms with E-state index in [0.29, 0.717) is 19.3 Å². The molecule has 3 aromatic rings. The first-order chi connectivity index (χ1) is 16.3. The topological polar surface area (TPSA) is 75.3 Å². The van der Waals surface area contributed by atoms with Crippen LogP contribution in [0.2, 0.25) is 0 Å². The number of amides is 1. The van der Waals surface area contributed by atoms with Crippen LogP contribution in [0.15, 0.2) is 89.4 Å². The Hall–Kier alpha value is -2.51. The molecule has 1 amide bonds. The molecule has 0 atom stereocenters. The van der Waals surface area contributed by atoms with Crippen molar-refractivity contribution in [2.75, 3.05) is 33.7 Å². The van der Waals surface area contributed by atoms with Crippen molar-refractivity contribution in [3.63, 3.8) is 0 Å². The van der Waals surface area contributed by atoms with Crippen molar-refractivity contribution < 1.29 is 15.4 Å². The van der Waals surface area contributed by atoms with Crippen LogP contribution in [-0.4, -0.2) is 60.0 Å². The summed E-state index contributed by atoms with van der Waals surface area (Å²) >= 11 is 3.48. The molecule has 1 aliphatic heterocycles. The minimum atomic E-state index is -0.799. The van der Waals surface area contributed by atoms with E-state index in [4.69, 9.17) is 0 Å². The summed E-state index contributed by atoms with van der Waals surface area (Å²) in [4.78, 5) is 17.9. The van der Waals surface area contributed by atoms with Crippen molar-refractivity contribution in [1.29, 1.82) is 0 Å². The average molecular weight is 540 g/mol. The van der Waals surface area contributed by atoms with Crippen LogP contribution in [0.25, 0.3) is 0 Å². The van der Waals surface area contributed by atoms with E-state index in [9.17, 15) is 9.90 Å². The molecule has 0 spiro atoms. The maximum absolute atomic E-state index is 13.8. The van der Waals surface area contributed by atoms with E-state index >= 15 is 0 Å². The third-order valence-corrected chi connectivity index (χ3v) is 7.70. The molecule has 1 fully saturated rings. The van der Waals surface area contributed by atoms with Crippen molar-refractivity contribution in [2.24, 2.45) is 0 Å². The maximum Gasteiger partial charge on any atom is 0.237 e. The van der Waals surface area contributed by atoms with Gasteiger partial charge in [-0.1, -0.05) is 88.7 Å². The Kier molecular flexibility index (Phi) is 8.89. The van der Waals surface area contributed by atoms with E-state index in [1.807, 2.05) is 74.8 Å². The highest BCUT2D eigenvalue weighted by Gasteiger charge is 2.43. The molecule has 5 nitrogen and oxygen atoms in total. The Labute approximate surface area is 216 Å². The van der Waals surface area contributed by atoms with E-state index in [-0.39, 0.29) is 11.4 Å². The molecular weight excluding hydrogens is 504 g/mol. The number of likely N-dealkylation sites (tertiary alicyclic amines) is 1. The molecule has 0 bridgehead atoms. The number of likely N-dealkylation sites (N-methyl/N-ethyl adjacent to an activating group) is 1. The fourth-order valence-corrected chi connectivity index (χ4v) is 5.42. The number of aliphatic hydroxyl groups is 1. The molecule has 0 aliphatic carbocycles.